The fourth-order valence-electron chi connectivity index (χ4n) is 1.70. The summed E-state index contributed by atoms with van der Waals surface area (Å²) in [6, 6.07) is 1.68. The van der Waals surface area contributed by atoms with Crippen LogP contribution in [0.15, 0.2) is 15.7 Å². The summed E-state index contributed by atoms with van der Waals surface area (Å²) in [4.78, 5) is 13.9. The highest BCUT2D eigenvalue weighted by Gasteiger charge is 2.32. The van der Waals surface area contributed by atoms with Crippen molar-refractivity contribution in [3.8, 4) is 0 Å². The minimum atomic E-state index is -3.70. The summed E-state index contributed by atoms with van der Waals surface area (Å²) in [5.74, 6) is -0.110. The van der Waals surface area contributed by atoms with E-state index >= 15 is 0 Å². The Hall–Kier alpha value is -0.920. The van der Waals surface area contributed by atoms with Gasteiger partial charge in [0.2, 0.25) is 10.0 Å². The third kappa shape index (κ3) is 2.67. The fraction of sp³-hybridized carbons (Fsp3) is 0.500. The van der Waals surface area contributed by atoms with E-state index in [0.29, 0.717) is 18.2 Å². The molecule has 17 heavy (non-hydrogen) atoms. The summed E-state index contributed by atoms with van der Waals surface area (Å²) in [6.45, 7) is 2.56. The zero-order chi connectivity index (χ0) is 12.6. The molecule has 1 aromatic heterocycles. The molecule has 2 rings (SSSR count). The van der Waals surface area contributed by atoms with E-state index in [1.807, 2.05) is 6.92 Å². The number of hydrogen-bond acceptors (Lipinski definition) is 4. The molecular weight excluding hydrogens is 260 g/mol. The molecular formula is C10H14N2O3S2. The largest absolute Gasteiger partial charge is 0.336 e. The first kappa shape index (κ1) is 12.5. The molecule has 1 aromatic rings. The zero-order valence-corrected chi connectivity index (χ0v) is 11.1. The Labute approximate surface area is 104 Å². The molecule has 1 saturated carbocycles. The first-order valence-corrected chi connectivity index (χ1v) is 7.78. The number of nitrogens with two attached hydrogens (primary N) is 1. The van der Waals surface area contributed by atoms with E-state index in [9.17, 15) is 13.2 Å². The maximum atomic E-state index is 12.1. The summed E-state index contributed by atoms with van der Waals surface area (Å²) >= 11 is 0.984. The molecule has 0 radical (unpaired) electrons. The van der Waals surface area contributed by atoms with Crippen molar-refractivity contribution in [2.24, 2.45) is 5.14 Å². The second-order valence-corrected chi connectivity index (χ2v) is 6.72. The molecule has 1 aliphatic carbocycles. The van der Waals surface area contributed by atoms with Crippen molar-refractivity contribution in [1.29, 1.82) is 0 Å². The molecule has 0 aliphatic heterocycles. The van der Waals surface area contributed by atoms with Gasteiger partial charge in [0.05, 0.1) is 5.56 Å². The van der Waals surface area contributed by atoms with E-state index < -0.39 is 10.0 Å². The van der Waals surface area contributed by atoms with E-state index in [0.717, 1.165) is 24.2 Å². The van der Waals surface area contributed by atoms with Gasteiger partial charge in [-0.3, -0.25) is 4.79 Å². The Bertz CT molecular complexity index is 532. The summed E-state index contributed by atoms with van der Waals surface area (Å²) in [5, 5.41) is 6.56. The highest BCUT2D eigenvalue weighted by atomic mass is 32.2. The van der Waals surface area contributed by atoms with Crippen molar-refractivity contribution >= 4 is 27.3 Å². The Balaban J connectivity index is 2.22. The number of thiophene rings is 1. The standard InChI is InChI=1S/C10H14N2O3S2/c1-2-12(8-3-4-8)10(13)7-5-9(16-6-7)17(11,14)15/h5-6,8H,2-4H2,1H3,(H2,11,14,15). The summed E-state index contributed by atoms with van der Waals surface area (Å²) in [6.07, 6.45) is 2.07. The molecule has 1 amide bonds. The van der Waals surface area contributed by atoms with Gasteiger partial charge in [0, 0.05) is 18.0 Å². The monoisotopic (exact) mass is 274 g/mol. The minimum absolute atomic E-state index is 0.0349. The molecule has 0 unspecified atom stereocenters. The SMILES string of the molecule is CCN(C(=O)c1csc(S(N)(=O)=O)c1)C1CC1. The average Bonchev–Trinajstić information content (AvgIpc) is 2.94. The van der Waals surface area contributed by atoms with Crippen molar-refractivity contribution in [1.82, 2.24) is 4.90 Å². The van der Waals surface area contributed by atoms with Crippen molar-refractivity contribution in [3.63, 3.8) is 0 Å². The highest BCUT2D eigenvalue weighted by Crippen LogP contribution is 2.29. The Morgan fingerprint density at radius 3 is 2.65 bits per heavy atom. The summed E-state index contributed by atoms with van der Waals surface area (Å²) < 4.78 is 22.3. The van der Waals surface area contributed by atoms with E-state index in [1.54, 1.807) is 10.3 Å². The molecule has 0 atom stereocenters. The molecule has 5 nitrogen and oxygen atoms in total. The van der Waals surface area contributed by atoms with Crippen molar-refractivity contribution in [2.75, 3.05) is 6.54 Å². The second-order valence-electron chi connectivity index (χ2n) is 4.02. The number of nitrogens with zero attached hydrogens (tertiary/aromatic N) is 1. The van der Waals surface area contributed by atoms with Crippen LogP contribution in [-0.4, -0.2) is 31.8 Å². The highest BCUT2D eigenvalue weighted by molar-refractivity contribution is 7.91. The van der Waals surface area contributed by atoms with Crippen LogP contribution in [0.4, 0.5) is 0 Å². The van der Waals surface area contributed by atoms with Gasteiger partial charge in [-0.25, -0.2) is 13.6 Å². The first-order chi connectivity index (χ1) is 7.93. The average molecular weight is 274 g/mol. The van der Waals surface area contributed by atoms with Crippen LogP contribution in [0.3, 0.4) is 0 Å². The molecule has 0 bridgehead atoms. The lowest BCUT2D eigenvalue weighted by atomic mass is 10.3. The van der Waals surface area contributed by atoms with Crippen LogP contribution in [0.1, 0.15) is 30.1 Å². The zero-order valence-electron chi connectivity index (χ0n) is 9.42. The van der Waals surface area contributed by atoms with Gasteiger partial charge >= 0.3 is 0 Å². The third-order valence-corrected chi connectivity index (χ3v) is 5.08. The van der Waals surface area contributed by atoms with E-state index in [-0.39, 0.29) is 10.1 Å². The predicted molar refractivity (Wildman–Crippen MR) is 65.4 cm³/mol. The molecule has 1 heterocycles. The Morgan fingerprint density at radius 1 is 1.59 bits per heavy atom. The summed E-state index contributed by atoms with van der Waals surface area (Å²) in [7, 11) is -3.70. The second kappa shape index (κ2) is 4.40. The van der Waals surface area contributed by atoms with Crippen LogP contribution in [0.25, 0.3) is 0 Å². The molecule has 0 aromatic carbocycles. The van der Waals surface area contributed by atoms with E-state index in [2.05, 4.69) is 0 Å². The van der Waals surface area contributed by atoms with Gasteiger partial charge in [-0.05, 0) is 25.8 Å². The minimum Gasteiger partial charge on any atom is -0.336 e. The lowest BCUT2D eigenvalue weighted by Gasteiger charge is -2.19. The Kier molecular flexibility index (Phi) is 3.24. The molecule has 1 aliphatic rings. The van der Waals surface area contributed by atoms with Crippen molar-refractivity contribution in [3.05, 3.63) is 17.0 Å². The molecule has 1 fully saturated rings. The number of primary sulfonamides is 1. The number of carbonyl (C=O) groups is 1. The number of carbonyl (C=O) groups excluding carboxylic acids is 1. The number of sulfonamides is 1. The Morgan fingerprint density at radius 2 is 2.24 bits per heavy atom. The topological polar surface area (TPSA) is 80.5 Å². The molecule has 7 heteroatoms. The van der Waals surface area contributed by atoms with Crippen LogP contribution in [0, 0.1) is 0 Å². The van der Waals surface area contributed by atoms with Gasteiger partial charge in [0.1, 0.15) is 4.21 Å². The van der Waals surface area contributed by atoms with Crippen molar-refractivity contribution < 1.29 is 13.2 Å². The van der Waals surface area contributed by atoms with Gasteiger partial charge in [-0.1, -0.05) is 0 Å². The van der Waals surface area contributed by atoms with Crippen LogP contribution in [-0.2, 0) is 10.0 Å². The van der Waals surface area contributed by atoms with E-state index in [4.69, 9.17) is 5.14 Å². The molecule has 94 valence electrons. The first-order valence-electron chi connectivity index (χ1n) is 5.35. The fourth-order valence-corrected chi connectivity index (χ4v) is 3.28. The van der Waals surface area contributed by atoms with Gasteiger partial charge < -0.3 is 4.90 Å². The maximum Gasteiger partial charge on any atom is 0.254 e. The predicted octanol–water partition coefficient (Wildman–Crippen LogP) is 1.02. The van der Waals surface area contributed by atoms with Gasteiger partial charge in [-0.2, -0.15) is 0 Å². The molecule has 0 spiro atoms. The summed E-state index contributed by atoms with van der Waals surface area (Å²) in [5.41, 5.74) is 0.410. The normalized spacial score (nSPS) is 15.9. The number of hydrogen-bond donors (Lipinski definition) is 1. The number of amides is 1. The third-order valence-electron chi connectivity index (χ3n) is 2.69. The molecule has 0 saturated heterocycles. The quantitative estimate of drug-likeness (QED) is 0.890. The lowest BCUT2D eigenvalue weighted by Crippen LogP contribution is -2.32. The smallest absolute Gasteiger partial charge is 0.254 e. The van der Waals surface area contributed by atoms with Crippen LogP contribution in [0.5, 0.6) is 0 Å². The van der Waals surface area contributed by atoms with Crippen LogP contribution >= 0.6 is 11.3 Å². The lowest BCUT2D eigenvalue weighted by molar-refractivity contribution is 0.0753. The maximum absolute atomic E-state index is 12.1. The van der Waals surface area contributed by atoms with Crippen molar-refractivity contribution in [2.45, 2.75) is 30.0 Å². The van der Waals surface area contributed by atoms with E-state index in [1.165, 1.54) is 6.07 Å². The van der Waals surface area contributed by atoms with Gasteiger partial charge in [-0.15, -0.1) is 11.3 Å². The number of rotatable bonds is 4. The van der Waals surface area contributed by atoms with Crippen LogP contribution < -0.4 is 5.14 Å². The van der Waals surface area contributed by atoms with Crippen LogP contribution in [0.2, 0.25) is 0 Å². The van der Waals surface area contributed by atoms with Gasteiger partial charge in [0.15, 0.2) is 0 Å². The molecule has 2 N–H and O–H groups in total. The van der Waals surface area contributed by atoms with Gasteiger partial charge in [0.25, 0.3) is 5.91 Å².